The van der Waals surface area contributed by atoms with Gasteiger partial charge in [-0.25, -0.2) is 0 Å². The van der Waals surface area contributed by atoms with Crippen molar-refractivity contribution in [3.8, 4) is 6.07 Å². The average molecular weight is 139 g/mol. The van der Waals surface area contributed by atoms with Gasteiger partial charge in [-0.2, -0.15) is 5.26 Å². The number of nitriles is 1. The van der Waals surface area contributed by atoms with Crippen LogP contribution >= 0.6 is 0 Å². The normalized spacial score (nSPS) is 31.4. The van der Waals surface area contributed by atoms with Crippen LogP contribution in [0.25, 0.3) is 0 Å². The Bertz CT molecular complexity index is 196. The summed E-state index contributed by atoms with van der Waals surface area (Å²) in [6.07, 6.45) is 0.554. The quantitative estimate of drug-likeness (QED) is 0.489. The number of nitrogens with zero attached hydrogens (tertiary/aromatic N) is 1. The zero-order valence-corrected chi connectivity index (χ0v) is 5.77. The molecule has 1 saturated heterocycles. The first-order valence-corrected chi connectivity index (χ1v) is 3.13. The maximum Gasteiger partial charge on any atom is 0.255 e. The molecular weight excluding hydrogens is 130 g/mol. The summed E-state index contributed by atoms with van der Waals surface area (Å²) < 4.78 is 0. The van der Waals surface area contributed by atoms with Crippen LogP contribution in [-0.2, 0) is 4.79 Å². The Morgan fingerprint density at radius 3 is 2.80 bits per heavy atom. The summed E-state index contributed by atoms with van der Waals surface area (Å²) in [5.74, 6) is -0.211. The first-order valence-electron chi connectivity index (χ1n) is 3.13. The van der Waals surface area contributed by atoms with Gasteiger partial charge in [0.05, 0.1) is 6.07 Å². The van der Waals surface area contributed by atoms with Gasteiger partial charge >= 0.3 is 0 Å². The standard InChI is InChI=1S/C6H9N3O/c1-8-6(4-7)2-3-9-5(6)10/h8H,2-3H2,1H3,(H,9,10). The number of amides is 1. The SMILES string of the molecule is CNC1(C#N)CCNC1=O. The Kier molecular flexibility index (Phi) is 1.60. The topological polar surface area (TPSA) is 64.9 Å². The number of hydrogen-bond donors (Lipinski definition) is 2. The number of carbonyl (C=O) groups excluding carboxylic acids is 1. The molecular formula is C6H9N3O. The second-order valence-electron chi connectivity index (χ2n) is 2.27. The molecule has 10 heavy (non-hydrogen) atoms. The van der Waals surface area contributed by atoms with E-state index in [4.69, 9.17) is 5.26 Å². The summed E-state index contributed by atoms with van der Waals surface area (Å²) in [6, 6.07) is 1.95. The smallest absolute Gasteiger partial charge is 0.255 e. The van der Waals surface area contributed by atoms with Crippen molar-refractivity contribution >= 4 is 5.91 Å². The van der Waals surface area contributed by atoms with E-state index >= 15 is 0 Å². The van der Waals surface area contributed by atoms with Crippen molar-refractivity contribution in [3.05, 3.63) is 0 Å². The minimum absolute atomic E-state index is 0.211. The molecule has 2 N–H and O–H groups in total. The molecule has 0 radical (unpaired) electrons. The van der Waals surface area contributed by atoms with E-state index in [9.17, 15) is 4.79 Å². The highest BCUT2D eigenvalue weighted by Gasteiger charge is 2.41. The van der Waals surface area contributed by atoms with Gasteiger partial charge in [-0.1, -0.05) is 0 Å². The lowest BCUT2D eigenvalue weighted by Gasteiger charge is -2.14. The van der Waals surface area contributed by atoms with E-state index in [1.807, 2.05) is 6.07 Å². The fraction of sp³-hybridized carbons (Fsp3) is 0.667. The van der Waals surface area contributed by atoms with Gasteiger partial charge in [-0.05, 0) is 7.05 Å². The summed E-state index contributed by atoms with van der Waals surface area (Å²) in [6.45, 7) is 0.591. The number of likely N-dealkylation sites (N-methyl/N-ethyl adjacent to an activating group) is 1. The van der Waals surface area contributed by atoms with E-state index in [2.05, 4.69) is 10.6 Å². The zero-order chi connectivity index (χ0) is 7.61. The molecule has 1 aliphatic heterocycles. The molecule has 1 amide bonds. The average Bonchev–Trinajstić information content (AvgIpc) is 2.32. The van der Waals surface area contributed by atoms with Crippen molar-refractivity contribution in [1.29, 1.82) is 5.26 Å². The van der Waals surface area contributed by atoms with E-state index in [-0.39, 0.29) is 5.91 Å². The Morgan fingerprint density at radius 2 is 2.60 bits per heavy atom. The summed E-state index contributed by atoms with van der Waals surface area (Å²) in [5.41, 5.74) is -0.958. The zero-order valence-electron chi connectivity index (χ0n) is 5.77. The van der Waals surface area contributed by atoms with Crippen molar-refractivity contribution < 1.29 is 4.79 Å². The molecule has 1 unspecified atom stereocenters. The van der Waals surface area contributed by atoms with Crippen LogP contribution in [0.3, 0.4) is 0 Å². The lowest BCUT2D eigenvalue weighted by atomic mass is 10.0. The van der Waals surface area contributed by atoms with Crippen LogP contribution < -0.4 is 10.6 Å². The molecule has 4 nitrogen and oxygen atoms in total. The van der Waals surface area contributed by atoms with E-state index in [0.29, 0.717) is 13.0 Å². The largest absolute Gasteiger partial charge is 0.353 e. The fourth-order valence-electron chi connectivity index (χ4n) is 1.03. The first kappa shape index (κ1) is 7.03. The van der Waals surface area contributed by atoms with Gasteiger partial charge in [-0.15, -0.1) is 0 Å². The van der Waals surface area contributed by atoms with Gasteiger partial charge < -0.3 is 5.32 Å². The van der Waals surface area contributed by atoms with Crippen LogP contribution in [0.5, 0.6) is 0 Å². The molecule has 54 valence electrons. The van der Waals surface area contributed by atoms with Crippen LogP contribution in [0.15, 0.2) is 0 Å². The van der Waals surface area contributed by atoms with Crippen LogP contribution in [0.1, 0.15) is 6.42 Å². The minimum Gasteiger partial charge on any atom is -0.353 e. The van der Waals surface area contributed by atoms with E-state index in [0.717, 1.165) is 0 Å². The Hall–Kier alpha value is -1.08. The number of rotatable bonds is 1. The summed E-state index contributed by atoms with van der Waals surface area (Å²) in [4.78, 5) is 11.0. The summed E-state index contributed by atoms with van der Waals surface area (Å²) in [7, 11) is 1.62. The molecule has 0 aromatic rings. The van der Waals surface area contributed by atoms with Gasteiger partial charge in [0.15, 0.2) is 5.54 Å². The van der Waals surface area contributed by atoms with Crippen LogP contribution in [0.4, 0.5) is 0 Å². The molecule has 1 fully saturated rings. The number of nitrogens with one attached hydrogen (secondary N) is 2. The summed E-state index contributed by atoms with van der Waals surface area (Å²) in [5, 5.41) is 13.9. The molecule has 0 bridgehead atoms. The Balaban J connectivity index is 2.84. The first-order chi connectivity index (χ1) is 4.75. The second-order valence-corrected chi connectivity index (χ2v) is 2.27. The molecule has 1 rings (SSSR count). The molecule has 1 atom stereocenters. The molecule has 1 heterocycles. The fourth-order valence-corrected chi connectivity index (χ4v) is 1.03. The molecule has 0 spiro atoms. The third-order valence-electron chi connectivity index (χ3n) is 1.79. The number of carbonyl (C=O) groups is 1. The monoisotopic (exact) mass is 139 g/mol. The highest BCUT2D eigenvalue weighted by molar-refractivity contribution is 5.91. The predicted octanol–water partition coefficient (Wildman–Crippen LogP) is -1.01. The number of hydrogen-bond acceptors (Lipinski definition) is 3. The molecule has 4 heteroatoms. The van der Waals surface area contributed by atoms with E-state index in [1.54, 1.807) is 7.05 Å². The van der Waals surface area contributed by atoms with Crippen molar-refractivity contribution in [2.45, 2.75) is 12.0 Å². The van der Waals surface area contributed by atoms with Crippen molar-refractivity contribution in [3.63, 3.8) is 0 Å². The van der Waals surface area contributed by atoms with Crippen molar-refractivity contribution in [1.82, 2.24) is 10.6 Å². The molecule has 1 aliphatic rings. The second kappa shape index (κ2) is 2.27. The Labute approximate surface area is 59.2 Å². The Morgan fingerprint density at radius 1 is 1.90 bits per heavy atom. The highest BCUT2D eigenvalue weighted by Crippen LogP contribution is 2.13. The maximum atomic E-state index is 11.0. The van der Waals surface area contributed by atoms with E-state index < -0.39 is 5.54 Å². The van der Waals surface area contributed by atoms with Crippen LogP contribution in [0.2, 0.25) is 0 Å². The van der Waals surface area contributed by atoms with Crippen molar-refractivity contribution in [2.24, 2.45) is 0 Å². The third kappa shape index (κ3) is 0.755. The molecule has 0 aromatic carbocycles. The highest BCUT2D eigenvalue weighted by atomic mass is 16.2. The minimum atomic E-state index is -0.958. The van der Waals surface area contributed by atoms with Crippen molar-refractivity contribution in [2.75, 3.05) is 13.6 Å². The van der Waals surface area contributed by atoms with Gasteiger partial charge in [0.1, 0.15) is 0 Å². The van der Waals surface area contributed by atoms with Gasteiger partial charge in [0, 0.05) is 13.0 Å². The lowest BCUT2D eigenvalue weighted by Crippen LogP contribution is -2.47. The van der Waals surface area contributed by atoms with E-state index in [1.165, 1.54) is 0 Å². The van der Waals surface area contributed by atoms with Gasteiger partial charge in [0.2, 0.25) is 0 Å². The molecule has 0 aromatic heterocycles. The molecule has 0 aliphatic carbocycles. The van der Waals surface area contributed by atoms with Gasteiger partial charge in [-0.3, -0.25) is 10.1 Å². The van der Waals surface area contributed by atoms with Crippen LogP contribution in [-0.4, -0.2) is 25.0 Å². The summed E-state index contributed by atoms with van der Waals surface area (Å²) >= 11 is 0. The maximum absolute atomic E-state index is 11.0. The van der Waals surface area contributed by atoms with Gasteiger partial charge in [0.25, 0.3) is 5.91 Å². The molecule has 0 saturated carbocycles. The van der Waals surface area contributed by atoms with Crippen LogP contribution in [0, 0.1) is 11.3 Å². The third-order valence-corrected chi connectivity index (χ3v) is 1.79. The lowest BCUT2D eigenvalue weighted by molar-refractivity contribution is -0.122. The predicted molar refractivity (Wildman–Crippen MR) is 35.0 cm³/mol.